The van der Waals surface area contributed by atoms with Crippen molar-refractivity contribution in [1.82, 2.24) is 15.1 Å². The van der Waals surface area contributed by atoms with Gasteiger partial charge in [0.2, 0.25) is 0 Å². The third-order valence-corrected chi connectivity index (χ3v) is 4.75. The molecule has 2 aliphatic rings. The zero-order valence-electron chi connectivity index (χ0n) is 14.2. The highest BCUT2D eigenvalue weighted by Crippen LogP contribution is 2.30. The van der Waals surface area contributed by atoms with E-state index in [0.717, 1.165) is 32.6 Å². The molecule has 0 aromatic heterocycles. The van der Waals surface area contributed by atoms with E-state index in [2.05, 4.69) is 15.0 Å². The minimum atomic E-state index is -2.97. The van der Waals surface area contributed by atoms with Crippen LogP contribution in [0.4, 0.5) is 8.78 Å². The maximum atomic E-state index is 12.7. The van der Waals surface area contributed by atoms with E-state index < -0.39 is 6.61 Å². The molecule has 0 saturated carbocycles. The molecule has 8 heteroatoms. The Bertz CT molecular complexity index is 609. The fourth-order valence-corrected chi connectivity index (χ4v) is 3.45. The van der Waals surface area contributed by atoms with Crippen molar-refractivity contribution in [2.24, 2.45) is 0 Å². The molecule has 1 N–H and O–H groups in total. The molecule has 1 aromatic rings. The number of halogens is 2. The third kappa shape index (κ3) is 4.19. The summed E-state index contributed by atoms with van der Waals surface area (Å²) in [5, 5.41) is 3.32. The van der Waals surface area contributed by atoms with Gasteiger partial charge < -0.3 is 19.7 Å². The van der Waals surface area contributed by atoms with E-state index in [1.807, 2.05) is 0 Å². The lowest BCUT2D eigenvalue weighted by Gasteiger charge is -2.32. The number of methoxy groups -OCH3 is 1. The number of amides is 1. The zero-order chi connectivity index (χ0) is 17.8. The van der Waals surface area contributed by atoms with Gasteiger partial charge in [0.1, 0.15) is 0 Å². The van der Waals surface area contributed by atoms with Gasteiger partial charge in [-0.15, -0.1) is 0 Å². The van der Waals surface area contributed by atoms with E-state index in [0.29, 0.717) is 24.7 Å². The molecule has 0 spiro atoms. The van der Waals surface area contributed by atoms with Crippen molar-refractivity contribution in [3.05, 3.63) is 23.8 Å². The Hall–Kier alpha value is -1.93. The maximum Gasteiger partial charge on any atom is 0.387 e. The first-order valence-corrected chi connectivity index (χ1v) is 8.45. The molecule has 1 unspecified atom stereocenters. The molecule has 6 nitrogen and oxygen atoms in total. The molecular formula is C17H23F2N3O3. The van der Waals surface area contributed by atoms with Crippen LogP contribution in [0, 0.1) is 0 Å². The van der Waals surface area contributed by atoms with Crippen LogP contribution in [0.2, 0.25) is 0 Å². The Labute approximate surface area is 145 Å². The van der Waals surface area contributed by atoms with Gasteiger partial charge in [-0.2, -0.15) is 8.78 Å². The Morgan fingerprint density at radius 2 is 2.00 bits per heavy atom. The molecule has 2 heterocycles. The smallest absolute Gasteiger partial charge is 0.387 e. The van der Waals surface area contributed by atoms with Gasteiger partial charge in [-0.05, 0) is 24.6 Å². The summed E-state index contributed by atoms with van der Waals surface area (Å²) in [5.41, 5.74) is 0.331. The second-order valence-electron chi connectivity index (χ2n) is 6.22. The van der Waals surface area contributed by atoms with Crippen LogP contribution in [0.1, 0.15) is 16.8 Å². The van der Waals surface area contributed by atoms with Gasteiger partial charge in [0.15, 0.2) is 11.5 Å². The quantitative estimate of drug-likeness (QED) is 0.866. The van der Waals surface area contributed by atoms with Crippen LogP contribution in [-0.4, -0.2) is 74.7 Å². The van der Waals surface area contributed by atoms with E-state index >= 15 is 0 Å². The normalized spacial score (nSPS) is 21.6. The topological polar surface area (TPSA) is 54.0 Å². The monoisotopic (exact) mass is 355 g/mol. The first kappa shape index (κ1) is 17.9. The van der Waals surface area contributed by atoms with Gasteiger partial charge in [0.25, 0.3) is 5.91 Å². The van der Waals surface area contributed by atoms with Crippen molar-refractivity contribution in [2.45, 2.75) is 19.1 Å². The molecule has 138 valence electrons. The number of hydrogen-bond donors (Lipinski definition) is 1. The average molecular weight is 355 g/mol. The SMILES string of the molecule is COc1ccc(C(=O)N2CCC(N3CCNCC3)C2)cc1OC(F)F. The van der Waals surface area contributed by atoms with Crippen LogP contribution in [0.25, 0.3) is 0 Å². The molecule has 0 aliphatic carbocycles. The second-order valence-corrected chi connectivity index (χ2v) is 6.22. The first-order chi connectivity index (χ1) is 12.1. The number of carbonyl (C=O) groups is 1. The van der Waals surface area contributed by atoms with Crippen LogP contribution >= 0.6 is 0 Å². The lowest BCUT2D eigenvalue weighted by Crippen LogP contribution is -2.49. The summed E-state index contributed by atoms with van der Waals surface area (Å²) >= 11 is 0. The number of rotatable bonds is 5. The number of alkyl halides is 2. The molecule has 0 bridgehead atoms. The van der Waals surface area contributed by atoms with Crippen LogP contribution in [-0.2, 0) is 0 Å². The number of benzene rings is 1. The van der Waals surface area contributed by atoms with Crippen molar-refractivity contribution in [3.8, 4) is 11.5 Å². The van der Waals surface area contributed by atoms with Gasteiger partial charge in [-0.3, -0.25) is 9.69 Å². The summed E-state index contributed by atoms with van der Waals surface area (Å²) < 4.78 is 34.6. The lowest BCUT2D eigenvalue weighted by molar-refractivity contribution is -0.0512. The van der Waals surface area contributed by atoms with Crippen LogP contribution < -0.4 is 14.8 Å². The van der Waals surface area contributed by atoms with Crippen molar-refractivity contribution in [3.63, 3.8) is 0 Å². The molecule has 2 aliphatic heterocycles. The third-order valence-electron chi connectivity index (χ3n) is 4.75. The number of likely N-dealkylation sites (tertiary alicyclic amines) is 1. The number of piperazine rings is 1. The number of nitrogens with zero attached hydrogens (tertiary/aromatic N) is 2. The van der Waals surface area contributed by atoms with Gasteiger partial charge in [-0.25, -0.2) is 0 Å². The molecule has 1 amide bonds. The minimum absolute atomic E-state index is 0.124. The highest BCUT2D eigenvalue weighted by Gasteiger charge is 2.31. The standard InChI is InChI=1S/C17H23F2N3O3/c1-24-14-3-2-12(10-15(14)25-17(18)19)16(23)22-7-4-13(11-22)21-8-5-20-6-9-21/h2-3,10,13,17,20H,4-9,11H2,1H3. The summed E-state index contributed by atoms with van der Waals surface area (Å²) in [5.74, 6) is -0.113. The van der Waals surface area contributed by atoms with E-state index in [1.165, 1.54) is 19.2 Å². The van der Waals surface area contributed by atoms with Crippen molar-refractivity contribution >= 4 is 5.91 Å². The molecule has 3 rings (SSSR count). The average Bonchev–Trinajstić information content (AvgIpc) is 3.11. The minimum Gasteiger partial charge on any atom is -0.493 e. The number of nitrogens with one attached hydrogen (secondary N) is 1. The number of ether oxygens (including phenoxy) is 2. The van der Waals surface area contributed by atoms with Crippen molar-refractivity contribution in [2.75, 3.05) is 46.4 Å². The molecule has 1 atom stereocenters. The van der Waals surface area contributed by atoms with Crippen molar-refractivity contribution < 1.29 is 23.0 Å². The highest BCUT2D eigenvalue weighted by molar-refractivity contribution is 5.95. The second kappa shape index (κ2) is 7.97. The largest absolute Gasteiger partial charge is 0.493 e. The van der Waals surface area contributed by atoms with Gasteiger partial charge in [-0.1, -0.05) is 0 Å². The molecule has 2 fully saturated rings. The van der Waals surface area contributed by atoms with Gasteiger partial charge in [0, 0.05) is 50.9 Å². The van der Waals surface area contributed by atoms with E-state index in [9.17, 15) is 13.6 Å². The molecular weight excluding hydrogens is 332 g/mol. The van der Waals surface area contributed by atoms with E-state index in [4.69, 9.17) is 4.74 Å². The van der Waals surface area contributed by atoms with E-state index in [1.54, 1.807) is 11.0 Å². The fraction of sp³-hybridized carbons (Fsp3) is 0.588. The predicted octanol–water partition coefficient (Wildman–Crippen LogP) is 1.42. The summed E-state index contributed by atoms with van der Waals surface area (Å²) in [6, 6.07) is 4.75. The van der Waals surface area contributed by atoms with Crippen LogP contribution in [0.5, 0.6) is 11.5 Å². The van der Waals surface area contributed by atoms with Crippen molar-refractivity contribution in [1.29, 1.82) is 0 Å². The summed E-state index contributed by atoms with van der Waals surface area (Å²) in [4.78, 5) is 16.9. The zero-order valence-corrected chi connectivity index (χ0v) is 14.2. The number of hydrogen-bond acceptors (Lipinski definition) is 5. The van der Waals surface area contributed by atoms with Crippen LogP contribution in [0.3, 0.4) is 0 Å². The summed E-state index contributed by atoms with van der Waals surface area (Å²) in [6.45, 7) is 2.28. The lowest BCUT2D eigenvalue weighted by atomic mass is 10.1. The number of carbonyl (C=O) groups excluding carboxylic acids is 1. The fourth-order valence-electron chi connectivity index (χ4n) is 3.45. The summed E-state index contributed by atoms with van der Waals surface area (Å²) in [6.07, 6.45) is 0.933. The Morgan fingerprint density at radius 3 is 2.68 bits per heavy atom. The van der Waals surface area contributed by atoms with Crippen LogP contribution in [0.15, 0.2) is 18.2 Å². The summed E-state index contributed by atoms with van der Waals surface area (Å²) in [7, 11) is 1.37. The molecule has 25 heavy (non-hydrogen) atoms. The Morgan fingerprint density at radius 1 is 1.24 bits per heavy atom. The van der Waals surface area contributed by atoms with E-state index in [-0.39, 0.29) is 17.4 Å². The molecule has 2 saturated heterocycles. The predicted molar refractivity (Wildman–Crippen MR) is 88.4 cm³/mol. The Balaban J connectivity index is 1.68. The molecule has 0 radical (unpaired) electrons. The maximum absolute atomic E-state index is 12.7. The first-order valence-electron chi connectivity index (χ1n) is 8.45. The van der Waals surface area contributed by atoms with Gasteiger partial charge >= 0.3 is 6.61 Å². The highest BCUT2D eigenvalue weighted by atomic mass is 19.3. The molecule has 1 aromatic carbocycles. The van der Waals surface area contributed by atoms with Gasteiger partial charge in [0.05, 0.1) is 7.11 Å². The Kier molecular flexibility index (Phi) is 5.70.